The van der Waals surface area contributed by atoms with Gasteiger partial charge in [0.25, 0.3) is 0 Å². The first kappa shape index (κ1) is 16.7. The first-order chi connectivity index (χ1) is 11.5. The van der Waals surface area contributed by atoms with E-state index in [0.29, 0.717) is 5.92 Å². The van der Waals surface area contributed by atoms with Gasteiger partial charge < -0.3 is 5.73 Å². The number of urea groups is 1. The molecule has 1 aromatic heterocycles. The fourth-order valence-corrected chi connectivity index (χ4v) is 3.61. The molecule has 126 valence electrons. The number of nitrogens with zero attached hydrogens (tertiary/aromatic N) is 2. The minimum atomic E-state index is -0.836. The van der Waals surface area contributed by atoms with Crippen molar-refractivity contribution >= 4 is 34.6 Å². The van der Waals surface area contributed by atoms with Gasteiger partial charge in [-0.05, 0) is 24.8 Å². The number of fused-ring (bicyclic) bond motifs is 1. The van der Waals surface area contributed by atoms with Crippen LogP contribution in [0.2, 0.25) is 0 Å². The maximum atomic E-state index is 12.3. The zero-order valence-corrected chi connectivity index (χ0v) is 14.5. The van der Waals surface area contributed by atoms with E-state index in [9.17, 15) is 9.59 Å². The number of nitrogens with one attached hydrogen (secondary N) is 1. The van der Waals surface area contributed by atoms with Crippen molar-refractivity contribution in [3.8, 4) is 0 Å². The van der Waals surface area contributed by atoms with Crippen molar-refractivity contribution in [3.63, 3.8) is 0 Å². The molecule has 6 nitrogen and oxygen atoms in total. The highest BCUT2D eigenvalue weighted by molar-refractivity contribution is 8.00. The highest BCUT2D eigenvalue weighted by Gasteiger charge is 2.30. The number of amides is 3. The topological polar surface area (TPSA) is 98.0 Å². The standard InChI is InChI=1S/C17H20N4O2S/c1-9(2)13(15(22)21-17(18)23)24-16-11-5-3-4-6-12(11)19-14(20-16)10-7-8-10/h3-6,9-10,13H,7-8H2,1-2H3,(H3,18,21,22,23). The van der Waals surface area contributed by atoms with Crippen LogP contribution in [0.15, 0.2) is 29.3 Å². The smallest absolute Gasteiger partial charge is 0.318 e. The molecule has 7 heteroatoms. The molecule has 3 N–H and O–H groups in total. The number of thioether (sulfide) groups is 1. The van der Waals surface area contributed by atoms with Gasteiger partial charge in [0.1, 0.15) is 10.9 Å². The van der Waals surface area contributed by atoms with E-state index in [2.05, 4.69) is 10.3 Å². The molecule has 3 rings (SSSR count). The average Bonchev–Trinajstić information content (AvgIpc) is 3.35. The van der Waals surface area contributed by atoms with Crippen molar-refractivity contribution < 1.29 is 9.59 Å². The lowest BCUT2D eigenvalue weighted by Gasteiger charge is -2.19. The van der Waals surface area contributed by atoms with E-state index in [1.54, 1.807) is 0 Å². The largest absolute Gasteiger partial charge is 0.351 e. The number of hydrogen-bond donors (Lipinski definition) is 2. The third-order valence-corrected chi connectivity index (χ3v) is 5.42. The Hall–Kier alpha value is -2.15. The Morgan fingerprint density at radius 2 is 1.96 bits per heavy atom. The summed E-state index contributed by atoms with van der Waals surface area (Å²) in [5.41, 5.74) is 5.97. The van der Waals surface area contributed by atoms with Crippen molar-refractivity contribution in [2.75, 3.05) is 0 Å². The van der Waals surface area contributed by atoms with Crippen molar-refractivity contribution in [2.45, 2.75) is 42.9 Å². The third-order valence-electron chi connectivity index (χ3n) is 3.88. The van der Waals surface area contributed by atoms with Crippen LogP contribution < -0.4 is 11.1 Å². The monoisotopic (exact) mass is 344 g/mol. The van der Waals surface area contributed by atoms with Crippen LogP contribution in [0.5, 0.6) is 0 Å². The number of rotatable bonds is 5. The third kappa shape index (κ3) is 3.67. The van der Waals surface area contributed by atoms with Crippen LogP contribution in [0.1, 0.15) is 38.4 Å². The van der Waals surface area contributed by atoms with Gasteiger partial charge >= 0.3 is 6.03 Å². The van der Waals surface area contributed by atoms with Gasteiger partial charge in [-0.3, -0.25) is 10.1 Å². The average molecular weight is 344 g/mol. The van der Waals surface area contributed by atoms with E-state index in [-0.39, 0.29) is 5.92 Å². The van der Waals surface area contributed by atoms with Crippen LogP contribution in [0.4, 0.5) is 4.79 Å². The van der Waals surface area contributed by atoms with Crippen LogP contribution in [0.25, 0.3) is 10.9 Å². The van der Waals surface area contributed by atoms with E-state index in [1.165, 1.54) is 11.8 Å². The minimum Gasteiger partial charge on any atom is -0.351 e. The Kier molecular flexibility index (Phi) is 4.71. The molecule has 0 radical (unpaired) electrons. The Morgan fingerprint density at radius 3 is 2.58 bits per heavy atom. The molecule has 0 bridgehead atoms. The predicted octanol–water partition coefficient (Wildman–Crippen LogP) is 2.82. The van der Waals surface area contributed by atoms with E-state index in [1.807, 2.05) is 38.1 Å². The molecule has 0 saturated heterocycles. The number of primary amides is 1. The number of carbonyl (C=O) groups excluding carboxylic acids is 2. The molecule has 1 aliphatic carbocycles. The minimum absolute atomic E-state index is 0.0208. The van der Waals surface area contributed by atoms with E-state index >= 15 is 0 Å². The van der Waals surface area contributed by atoms with Crippen molar-refractivity contribution in [1.29, 1.82) is 0 Å². The summed E-state index contributed by atoms with van der Waals surface area (Å²) < 4.78 is 0. The number of nitrogens with two attached hydrogens (primary N) is 1. The highest BCUT2D eigenvalue weighted by Crippen LogP contribution is 2.40. The summed E-state index contributed by atoms with van der Waals surface area (Å²) in [5, 5.41) is 3.42. The molecule has 2 aromatic rings. The van der Waals surface area contributed by atoms with Crippen molar-refractivity contribution in [2.24, 2.45) is 11.7 Å². The van der Waals surface area contributed by atoms with Gasteiger partial charge in [-0.15, -0.1) is 0 Å². The van der Waals surface area contributed by atoms with Gasteiger partial charge in [0.2, 0.25) is 5.91 Å². The maximum Gasteiger partial charge on any atom is 0.318 e. The zero-order valence-electron chi connectivity index (χ0n) is 13.7. The molecule has 1 aromatic carbocycles. The molecule has 3 amide bonds. The summed E-state index contributed by atoms with van der Waals surface area (Å²) >= 11 is 1.36. The Morgan fingerprint density at radius 1 is 1.25 bits per heavy atom. The molecule has 1 fully saturated rings. The molecule has 1 atom stereocenters. The lowest BCUT2D eigenvalue weighted by molar-refractivity contribution is -0.120. The zero-order chi connectivity index (χ0) is 17.3. The fraction of sp³-hybridized carbons (Fsp3) is 0.412. The number of aromatic nitrogens is 2. The molecule has 1 aliphatic rings. The van der Waals surface area contributed by atoms with Crippen LogP contribution >= 0.6 is 11.8 Å². The Balaban J connectivity index is 1.97. The van der Waals surface area contributed by atoms with Crippen LogP contribution in [0.3, 0.4) is 0 Å². The molecule has 0 spiro atoms. The quantitative estimate of drug-likeness (QED) is 0.642. The first-order valence-electron chi connectivity index (χ1n) is 7.99. The molecular formula is C17H20N4O2S. The van der Waals surface area contributed by atoms with E-state index in [4.69, 9.17) is 10.7 Å². The van der Waals surface area contributed by atoms with Crippen LogP contribution in [-0.2, 0) is 4.79 Å². The fourth-order valence-electron chi connectivity index (χ4n) is 2.48. The SMILES string of the molecule is CC(C)C(Sc1nc(C2CC2)nc2ccccc12)C(=O)NC(N)=O. The lowest BCUT2D eigenvalue weighted by Crippen LogP contribution is -2.42. The van der Waals surface area contributed by atoms with Crippen molar-refractivity contribution in [1.82, 2.24) is 15.3 Å². The van der Waals surface area contributed by atoms with E-state index in [0.717, 1.165) is 34.6 Å². The summed E-state index contributed by atoms with van der Waals surface area (Å²) in [4.78, 5) is 32.6. The molecule has 0 aliphatic heterocycles. The van der Waals surface area contributed by atoms with E-state index < -0.39 is 17.2 Å². The van der Waals surface area contributed by atoms with Crippen LogP contribution in [-0.4, -0.2) is 27.2 Å². The predicted molar refractivity (Wildman–Crippen MR) is 93.7 cm³/mol. The number of para-hydroxylation sites is 1. The second kappa shape index (κ2) is 6.76. The summed E-state index contributed by atoms with van der Waals surface area (Å²) in [6, 6.07) is 6.96. The summed E-state index contributed by atoms with van der Waals surface area (Å²) in [6.07, 6.45) is 2.22. The molecule has 1 unspecified atom stereocenters. The summed E-state index contributed by atoms with van der Waals surface area (Å²) in [7, 11) is 0. The number of imide groups is 1. The summed E-state index contributed by atoms with van der Waals surface area (Å²) in [5.74, 6) is 0.894. The molecule has 1 heterocycles. The Bertz CT molecular complexity index is 789. The van der Waals surface area contributed by atoms with Gasteiger partial charge in [0.15, 0.2) is 0 Å². The second-order valence-corrected chi connectivity index (χ2v) is 7.44. The number of carbonyl (C=O) groups is 2. The normalized spacial score (nSPS) is 15.5. The summed E-state index contributed by atoms with van der Waals surface area (Å²) in [6.45, 7) is 3.87. The number of benzene rings is 1. The van der Waals surface area contributed by atoms with Crippen molar-refractivity contribution in [3.05, 3.63) is 30.1 Å². The highest BCUT2D eigenvalue weighted by atomic mass is 32.2. The first-order valence-corrected chi connectivity index (χ1v) is 8.87. The van der Waals surface area contributed by atoms with Crippen LogP contribution in [0, 0.1) is 5.92 Å². The molecule has 1 saturated carbocycles. The molecule has 24 heavy (non-hydrogen) atoms. The van der Waals surface area contributed by atoms with Gasteiger partial charge in [-0.2, -0.15) is 0 Å². The Labute approximate surface area is 144 Å². The molecular weight excluding hydrogens is 324 g/mol. The number of hydrogen-bond acceptors (Lipinski definition) is 5. The second-order valence-electron chi connectivity index (χ2n) is 6.31. The maximum absolute atomic E-state index is 12.3. The van der Waals surface area contributed by atoms with Gasteiger partial charge in [0, 0.05) is 11.3 Å². The van der Waals surface area contributed by atoms with Gasteiger partial charge in [0.05, 0.1) is 10.8 Å². The lowest BCUT2D eigenvalue weighted by atomic mass is 10.1. The van der Waals surface area contributed by atoms with Gasteiger partial charge in [-0.1, -0.05) is 43.8 Å². The van der Waals surface area contributed by atoms with Gasteiger partial charge in [-0.25, -0.2) is 14.8 Å².